The van der Waals surface area contributed by atoms with Crippen molar-refractivity contribution in [2.24, 2.45) is 0 Å². The maximum absolute atomic E-state index is 9.42. The smallest absolute Gasteiger partial charge is 0.231 e. The molecule has 124 valence electrons. The molecule has 2 aliphatic rings. The van der Waals surface area contributed by atoms with Crippen molar-refractivity contribution in [1.29, 1.82) is 0 Å². The van der Waals surface area contributed by atoms with E-state index in [1.54, 1.807) is 7.11 Å². The van der Waals surface area contributed by atoms with E-state index in [4.69, 9.17) is 14.2 Å². The van der Waals surface area contributed by atoms with E-state index in [1.807, 2.05) is 12.1 Å². The summed E-state index contributed by atoms with van der Waals surface area (Å²) >= 11 is 0. The Hall–Kier alpha value is -1.21. The highest BCUT2D eigenvalue weighted by molar-refractivity contribution is 5.85. The Morgan fingerprint density at radius 3 is 2.77 bits per heavy atom. The molecule has 1 atom stereocenters. The molecule has 2 aliphatic heterocycles. The molecule has 0 aromatic heterocycles. The number of rotatable bonds is 5. The van der Waals surface area contributed by atoms with Gasteiger partial charge in [0.15, 0.2) is 11.5 Å². The SMILES string of the molecule is COc1cc([C@@H](CCO)N2CCNCC2)cc2c1OCO2.Cl. The molecule has 0 radical (unpaired) electrons. The van der Waals surface area contributed by atoms with Crippen LogP contribution >= 0.6 is 12.4 Å². The zero-order chi connectivity index (χ0) is 14.7. The zero-order valence-corrected chi connectivity index (χ0v) is 13.5. The molecule has 7 heteroatoms. The van der Waals surface area contributed by atoms with Crippen LogP contribution in [0.2, 0.25) is 0 Å². The largest absolute Gasteiger partial charge is 0.493 e. The first-order valence-electron chi connectivity index (χ1n) is 7.36. The predicted molar refractivity (Wildman–Crippen MR) is 85.3 cm³/mol. The molecule has 1 aromatic rings. The number of hydrogen-bond acceptors (Lipinski definition) is 6. The van der Waals surface area contributed by atoms with Crippen LogP contribution in [0.15, 0.2) is 12.1 Å². The summed E-state index contributed by atoms with van der Waals surface area (Å²) in [6.07, 6.45) is 0.697. The summed E-state index contributed by atoms with van der Waals surface area (Å²) in [4.78, 5) is 2.39. The molecule has 3 rings (SSSR count). The van der Waals surface area contributed by atoms with Gasteiger partial charge in [0.1, 0.15) is 0 Å². The molecule has 2 heterocycles. The van der Waals surface area contributed by atoms with Gasteiger partial charge < -0.3 is 24.6 Å². The molecule has 22 heavy (non-hydrogen) atoms. The first kappa shape index (κ1) is 17.1. The average molecular weight is 331 g/mol. The fourth-order valence-corrected chi connectivity index (χ4v) is 3.02. The number of halogens is 1. The van der Waals surface area contributed by atoms with E-state index < -0.39 is 0 Å². The molecular formula is C15H23ClN2O4. The lowest BCUT2D eigenvalue weighted by molar-refractivity contribution is 0.140. The van der Waals surface area contributed by atoms with Crippen LogP contribution in [0.1, 0.15) is 18.0 Å². The molecule has 2 N–H and O–H groups in total. The highest BCUT2D eigenvalue weighted by Crippen LogP contribution is 2.44. The van der Waals surface area contributed by atoms with E-state index in [1.165, 1.54) is 0 Å². The summed E-state index contributed by atoms with van der Waals surface area (Å²) in [6, 6.07) is 4.17. The summed E-state index contributed by atoms with van der Waals surface area (Å²) in [7, 11) is 1.63. The van der Waals surface area contributed by atoms with Crippen LogP contribution in [0.25, 0.3) is 0 Å². The van der Waals surface area contributed by atoms with Crippen molar-refractivity contribution in [2.45, 2.75) is 12.5 Å². The fraction of sp³-hybridized carbons (Fsp3) is 0.600. The van der Waals surface area contributed by atoms with Crippen molar-refractivity contribution >= 4 is 12.4 Å². The normalized spacial score (nSPS) is 18.6. The van der Waals surface area contributed by atoms with E-state index in [0.717, 1.165) is 37.5 Å². The van der Waals surface area contributed by atoms with Gasteiger partial charge in [-0.3, -0.25) is 4.90 Å². The summed E-state index contributed by atoms with van der Waals surface area (Å²) < 4.78 is 16.4. The predicted octanol–water partition coefficient (Wildman–Crippen LogP) is 1.17. The summed E-state index contributed by atoms with van der Waals surface area (Å²) in [5.74, 6) is 2.09. The highest BCUT2D eigenvalue weighted by atomic mass is 35.5. The average Bonchev–Trinajstić information content (AvgIpc) is 3.01. The van der Waals surface area contributed by atoms with Crippen LogP contribution in [-0.2, 0) is 0 Å². The second-order valence-corrected chi connectivity index (χ2v) is 5.27. The molecule has 1 fully saturated rings. The number of methoxy groups -OCH3 is 1. The lowest BCUT2D eigenvalue weighted by atomic mass is 10.0. The molecule has 6 nitrogen and oxygen atoms in total. The molecule has 0 unspecified atom stereocenters. The lowest BCUT2D eigenvalue weighted by Gasteiger charge is -2.35. The minimum Gasteiger partial charge on any atom is -0.493 e. The Morgan fingerprint density at radius 2 is 2.09 bits per heavy atom. The molecule has 0 bridgehead atoms. The van der Waals surface area contributed by atoms with Crippen molar-refractivity contribution in [1.82, 2.24) is 10.2 Å². The van der Waals surface area contributed by atoms with Gasteiger partial charge in [0.2, 0.25) is 12.5 Å². The molecule has 1 aromatic carbocycles. The lowest BCUT2D eigenvalue weighted by Crippen LogP contribution is -2.45. The van der Waals surface area contributed by atoms with Crippen molar-refractivity contribution in [3.05, 3.63) is 17.7 Å². The molecule has 0 aliphatic carbocycles. The van der Waals surface area contributed by atoms with Gasteiger partial charge >= 0.3 is 0 Å². The Kier molecular flexibility index (Phi) is 6.14. The third-order valence-corrected chi connectivity index (χ3v) is 4.06. The number of nitrogens with zero attached hydrogens (tertiary/aromatic N) is 1. The Labute approximate surface area is 136 Å². The first-order valence-corrected chi connectivity index (χ1v) is 7.36. The maximum atomic E-state index is 9.42. The van der Waals surface area contributed by atoms with Gasteiger partial charge in [0.05, 0.1) is 7.11 Å². The monoisotopic (exact) mass is 330 g/mol. The summed E-state index contributed by atoms with van der Waals surface area (Å²) in [6.45, 7) is 4.29. The van der Waals surface area contributed by atoms with Gasteiger partial charge in [-0.05, 0) is 24.1 Å². The molecule has 0 saturated carbocycles. The van der Waals surface area contributed by atoms with Crippen LogP contribution in [0, 0.1) is 0 Å². The van der Waals surface area contributed by atoms with Crippen molar-refractivity contribution in [2.75, 3.05) is 46.7 Å². The van der Waals surface area contributed by atoms with Gasteiger partial charge in [-0.1, -0.05) is 0 Å². The van der Waals surface area contributed by atoms with Crippen LogP contribution < -0.4 is 19.5 Å². The number of hydrogen-bond donors (Lipinski definition) is 2. The van der Waals surface area contributed by atoms with Gasteiger partial charge in [0.25, 0.3) is 0 Å². The number of benzene rings is 1. The Bertz CT molecular complexity index is 495. The third kappa shape index (κ3) is 3.41. The van der Waals surface area contributed by atoms with E-state index in [-0.39, 0.29) is 31.8 Å². The van der Waals surface area contributed by atoms with Gasteiger partial charge in [0, 0.05) is 38.8 Å². The van der Waals surface area contributed by atoms with Crippen molar-refractivity contribution in [3.8, 4) is 17.2 Å². The molecule has 0 amide bonds. The first-order chi connectivity index (χ1) is 10.3. The van der Waals surface area contributed by atoms with E-state index in [2.05, 4.69) is 10.2 Å². The van der Waals surface area contributed by atoms with E-state index >= 15 is 0 Å². The van der Waals surface area contributed by atoms with Crippen molar-refractivity contribution in [3.63, 3.8) is 0 Å². The summed E-state index contributed by atoms with van der Waals surface area (Å²) in [5.41, 5.74) is 1.10. The van der Waals surface area contributed by atoms with Gasteiger partial charge in [-0.2, -0.15) is 0 Å². The number of nitrogens with one attached hydrogen (secondary N) is 1. The Balaban J connectivity index is 0.00000176. The molecule has 0 spiro atoms. The van der Waals surface area contributed by atoms with Crippen LogP contribution in [0.5, 0.6) is 17.2 Å². The fourth-order valence-electron chi connectivity index (χ4n) is 3.02. The Morgan fingerprint density at radius 1 is 1.32 bits per heavy atom. The minimum atomic E-state index is 0. The van der Waals surface area contributed by atoms with Crippen LogP contribution in [0.3, 0.4) is 0 Å². The second-order valence-electron chi connectivity index (χ2n) is 5.27. The second kappa shape index (κ2) is 7.87. The number of fused-ring (bicyclic) bond motifs is 1. The molecular weight excluding hydrogens is 308 g/mol. The molecule has 1 saturated heterocycles. The number of aliphatic hydroxyl groups excluding tert-OH is 1. The van der Waals surface area contributed by atoms with E-state index in [9.17, 15) is 5.11 Å². The number of ether oxygens (including phenoxy) is 3. The highest BCUT2D eigenvalue weighted by Gasteiger charge is 2.26. The standard InChI is InChI=1S/C15H22N2O4.ClH/c1-19-13-8-11(9-14-15(13)21-10-20-14)12(2-7-18)17-5-3-16-4-6-17;/h8-9,12,16,18H,2-7,10H2,1H3;1H/t12-;/m1./s1. The maximum Gasteiger partial charge on any atom is 0.231 e. The third-order valence-electron chi connectivity index (χ3n) is 4.06. The minimum absolute atomic E-state index is 0. The van der Waals surface area contributed by atoms with Gasteiger partial charge in [-0.15, -0.1) is 12.4 Å². The number of piperazine rings is 1. The van der Waals surface area contributed by atoms with Gasteiger partial charge in [-0.25, -0.2) is 0 Å². The van der Waals surface area contributed by atoms with Crippen LogP contribution in [0.4, 0.5) is 0 Å². The topological polar surface area (TPSA) is 63.2 Å². The van der Waals surface area contributed by atoms with Crippen LogP contribution in [-0.4, -0.2) is 56.7 Å². The van der Waals surface area contributed by atoms with Crippen molar-refractivity contribution < 1.29 is 19.3 Å². The summed E-state index contributed by atoms with van der Waals surface area (Å²) in [5, 5.41) is 12.8. The number of aliphatic hydroxyl groups is 1. The quantitative estimate of drug-likeness (QED) is 0.845. The zero-order valence-electron chi connectivity index (χ0n) is 12.7. The van der Waals surface area contributed by atoms with E-state index in [0.29, 0.717) is 17.9 Å².